The smallest absolute Gasteiger partial charge is 0.318 e. The zero-order valence-electron chi connectivity index (χ0n) is 18.9. The topological polar surface area (TPSA) is 89.7 Å². The maximum Gasteiger partial charge on any atom is 0.318 e. The maximum absolute atomic E-state index is 12.6. The Balaban J connectivity index is 1.81. The number of urea groups is 1. The summed E-state index contributed by atoms with van der Waals surface area (Å²) in [5, 5.41) is 16.7. The number of Topliss-reactive ketones (excluding diaryl/α,β-unsaturated/α-hetero) is 1. The molecule has 0 aliphatic heterocycles. The Kier molecular flexibility index (Phi) is 10.8. The highest BCUT2D eigenvalue weighted by atomic mass is 35.5. The number of benzene rings is 2. The van der Waals surface area contributed by atoms with Gasteiger partial charge in [-0.15, -0.1) is 5.10 Å². The normalized spacial score (nSPS) is 12.2. The molecule has 0 saturated heterocycles. The second kappa shape index (κ2) is 13.5. The molecule has 2 rings (SSSR count). The van der Waals surface area contributed by atoms with Gasteiger partial charge in [0.2, 0.25) is 0 Å². The quantitative estimate of drug-likeness (QED) is 0.272. The fraction of sp³-hybridized carbons (Fsp3) is 0.348. The largest absolute Gasteiger partial charge is 0.328 e. The van der Waals surface area contributed by atoms with E-state index in [0.29, 0.717) is 29.4 Å². The number of nitrogens with one attached hydrogen (secondary N) is 1. The molecule has 0 heterocycles. The number of carbonyl (C=O) groups is 2. The van der Waals surface area contributed by atoms with Gasteiger partial charge in [0, 0.05) is 43.3 Å². The maximum atomic E-state index is 12.6. The Bertz CT molecular complexity index is 964. The monoisotopic (exact) mass is 490 g/mol. The van der Waals surface area contributed by atoms with E-state index in [1.54, 1.807) is 32.3 Å². The lowest BCUT2D eigenvalue weighted by molar-refractivity contribution is -0.121. The van der Waals surface area contributed by atoms with E-state index in [1.165, 1.54) is 16.1 Å². The Morgan fingerprint density at radius 2 is 1.73 bits per heavy atom. The van der Waals surface area contributed by atoms with E-state index in [4.69, 9.17) is 23.2 Å². The van der Waals surface area contributed by atoms with E-state index in [0.717, 1.165) is 11.1 Å². The van der Waals surface area contributed by atoms with Crippen LogP contribution in [-0.4, -0.2) is 54.6 Å². The number of likely N-dealkylation sites (N-methyl/N-ethyl adjacent to an activating group) is 1. The first kappa shape index (κ1) is 26.3. The molecule has 0 radical (unpaired) electrons. The number of carbonyl (C=O) groups excluding carboxylic acids is 2. The summed E-state index contributed by atoms with van der Waals surface area (Å²) in [6.45, 7) is 2.27. The van der Waals surface area contributed by atoms with E-state index in [-0.39, 0.29) is 18.4 Å². The van der Waals surface area contributed by atoms with Crippen molar-refractivity contribution in [3.8, 4) is 0 Å². The van der Waals surface area contributed by atoms with Gasteiger partial charge in [0.1, 0.15) is 0 Å². The number of hydrogen-bond acceptors (Lipinski definition) is 4. The minimum absolute atomic E-state index is 0.0173. The van der Waals surface area contributed by atoms with Crippen molar-refractivity contribution in [2.24, 2.45) is 15.5 Å². The van der Waals surface area contributed by atoms with Gasteiger partial charge in [-0.1, -0.05) is 71.7 Å². The van der Waals surface area contributed by atoms with Gasteiger partial charge in [0.05, 0.1) is 12.6 Å². The highest BCUT2D eigenvalue weighted by Crippen LogP contribution is 2.24. The standard InChI is InChI=1S/C23H28Cl2N6O2/c1-4-21(27-23(33)30(2)15-17-9-6-5-7-10-17)22(32)16-31(3)29-28-26-14-13-18-19(24)11-8-12-20(18)25/h5-12,14,21H,4,13,15-16H2,1-3H3,(H,27,33)/b26-14-,29-28-. The van der Waals surface area contributed by atoms with Crippen molar-refractivity contribution in [3.05, 3.63) is 69.7 Å². The molecule has 1 N–H and O–H groups in total. The van der Waals surface area contributed by atoms with Gasteiger partial charge in [0.25, 0.3) is 0 Å². The number of halogens is 2. The number of ketones is 1. The van der Waals surface area contributed by atoms with Crippen LogP contribution in [0.4, 0.5) is 4.79 Å². The SMILES string of the molecule is CCC(NC(=O)N(C)Cc1ccccc1)C(=O)CN(C)/N=N\N=C/Cc1c(Cl)cccc1Cl. The Hall–Kier alpha value is -2.97. The van der Waals surface area contributed by atoms with Crippen molar-refractivity contribution in [2.75, 3.05) is 20.6 Å². The molecular weight excluding hydrogens is 463 g/mol. The summed E-state index contributed by atoms with van der Waals surface area (Å²) in [4.78, 5) is 26.6. The van der Waals surface area contributed by atoms with Gasteiger partial charge in [0.15, 0.2) is 5.78 Å². The molecule has 1 unspecified atom stereocenters. The highest BCUT2D eigenvalue weighted by Gasteiger charge is 2.21. The molecule has 10 heteroatoms. The number of amides is 2. The first-order valence-corrected chi connectivity index (χ1v) is 11.2. The van der Waals surface area contributed by atoms with E-state index in [2.05, 4.69) is 20.9 Å². The van der Waals surface area contributed by atoms with E-state index >= 15 is 0 Å². The molecular formula is C23H28Cl2N6O2. The number of hydrogen-bond donors (Lipinski definition) is 1. The summed E-state index contributed by atoms with van der Waals surface area (Å²) in [5.41, 5.74) is 1.76. The molecule has 0 aliphatic rings. The average molecular weight is 491 g/mol. The minimum Gasteiger partial charge on any atom is -0.328 e. The lowest BCUT2D eigenvalue weighted by Crippen LogP contribution is -2.48. The predicted octanol–water partition coefficient (Wildman–Crippen LogP) is 5.01. The van der Waals surface area contributed by atoms with Gasteiger partial charge < -0.3 is 10.2 Å². The van der Waals surface area contributed by atoms with Gasteiger partial charge >= 0.3 is 6.03 Å². The van der Waals surface area contributed by atoms with Crippen LogP contribution in [-0.2, 0) is 17.8 Å². The molecule has 8 nitrogen and oxygen atoms in total. The molecule has 0 spiro atoms. The van der Waals surface area contributed by atoms with E-state index < -0.39 is 6.04 Å². The third kappa shape index (κ3) is 8.82. The van der Waals surface area contributed by atoms with Crippen LogP contribution in [0, 0.1) is 0 Å². The zero-order valence-corrected chi connectivity index (χ0v) is 20.4. The Morgan fingerprint density at radius 1 is 1.06 bits per heavy atom. The summed E-state index contributed by atoms with van der Waals surface area (Å²) < 4.78 is 0. The van der Waals surface area contributed by atoms with Crippen LogP contribution in [0.2, 0.25) is 10.0 Å². The lowest BCUT2D eigenvalue weighted by atomic mass is 10.1. The molecule has 2 aromatic rings. The van der Waals surface area contributed by atoms with Gasteiger partial charge in [-0.05, 0) is 34.9 Å². The molecule has 0 aliphatic carbocycles. The third-order valence-electron chi connectivity index (χ3n) is 4.77. The molecule has 176 valence electrons. The summed E-state index contributed by atoms with van der Waals surface area (Å²) in [5.74, 6) is -0.174. The van der Waals surface area contributed by atoms with Crippen LogP contribution >= 0.6 is 23.2 Å². The van der Waals surface area contributed by atoms with Crippen LogP contribution in [0.15, 0.2) is 64.1 Å². The highest BCUT2D eigenvalue weighted by molar-refractivity contribution is 6.36. The minimum atomic E-state index is -0.626. The fourth-order valence-corrected chi connectivity index (χ4v) is 3.50. The Labute approximate surface area is 204 Å². The first-order chi connectivity index (χ1) is 15.8. The van der Waals surface area contributed by atoms with Crippen molar-refractivity contribution in [1.29, 1.82) is 0 Å². The molecule has 33 heavy (non-hydrogen) atoms. The lowest BCUT2D eigenvalue weighted by Gasteiger charge is -2.23. The van der Waals surface area contributed by atoms with E-state index in [9.17, 15) is 9.59 Å². The fourth-order valence-electron chi connectivity index (χ4n) is 2.95. The van der Waals surface area contributed by atoms with Crippen LogP contribution in [0.25, 0.3) is 0 Å². The van der Waals surface area contributed by atoms with Crippen molar-refractivity contribution in [1.82, 2.24) is 15.2 Å². The van der Waals surface area contributed by atoms with Crippen molar-refractivity contribution in [3.63, 3.8) is 0 Å². The van der Waals surface area contributed by atoms with Crippen molar-refractivity contribution >= 4 is 41.2 Å². The van der Waals surface area contributed by atoms with Gasteiger partial charge in [-0.2, -0.15) is 0 Å². The van der Waals surface area contributed by atoms with Gasteiger partial charge in [-0.3, -0.25) is 9.80 Å². The molecule has 0 bridgehead atoms. The first-order valence-electron chi connectivity index (χ1n) is 10.5. The molecule has 0 saturated carbocycles. The molecule has 2 aromatic carbocycles. The second-order valence-electron chi connectivity index (χ2n) is 7.42. The van der Waals surface area contributed by atoms with Gasteiger partial charge in [-0.25, -0.2) is 4.79 Å². The van der Waals surface area contributed by atoms with Crippen LogP contribution < -0.4 is 5.32 Å². The van der Waals surface area contributed by atoms with Crippen LogP contribution in [0.5, 0.6) is 0 Å². The molecule has 1 atom stereocenters. The molecule has 2 amide bonds. The zero-order chi connectivity index (χ0) is 24.2. The molecule has 0 aromatic heterocycles. The summed E-state index contributed by atoms with van der Waals surface area (Å²) >= 11 is 12.2. The summed E-state index contributed by atoms with van der Waals surface area (Å²) in [7, 11) is 3.30. The number of nitrogens with zero attached hydrogens (tertiary/aromatic N) is 5. The van der Waals surface area contributed by atoms with Crippen molar-refractivity contribution in [2.45, 2.75) is 32.4 Å². The average Bonchev–Trinajstić information content (AvgIpc) is 2.79. The van der Waals surface area contributed by atoms with Crippen LogP contribution in [0.1, 0.15) is 24.5 Å². The number of rotatable bonds is 11. The summed E-state index contributed by atoms with van der Waals surface area (Å²) in [6.07, 6.45) is 2.40. The molecule has 0 fully saturated rings. The van der Waals surface area contributed by atoms with Crippen LogP contribution in [0.3, 0.4) is 0 Å². The summed E-state index contributed by atoms with van der Waals surface area (Å²) in [6, 6.07) is 14.0. The predicted molar refractivity (Wildman–Crippen MR) is 132 cm³/mol. The second-order valence-corrected chi connectivity index (χ2v) is 8.23. The Morgan fingerprint density at radius 3 is 2.36 bits per heavy atom. The third-order valence-corrected chi connectivity index (χ3v) is 5.48. The van der Waals surface area contributed by atoms with Crippen molar-refractivity contribution < 1.29 is 9.59 Å². The van der Waals surface area contributed by atoms with E-state index in [1.807, 2.05) is 37.3 Å².